The van der Waals surface area contributed by atoms with Gasteiger partial charge in [-0.25, -0.2) is 0 Å². The van der Waals surface area contributed by atoms with E-state index in [-0.39, 0.29) is 18.5 Å². The summed E-state index contributed by atoms with van der Waals surface area (Å²) in [5, 5.41) is 16.0. The first kappa shape index (κ1) is 15.8. The van der Waals surface area contributed by atoms with Crippen LogP contribution in [-0.4, -0.2) is 18.0 Å². The second kappa shape index (κ2) is 6.93. The Bertz CT molecular complexity index is 547. The van der Waals surface area contributed by atoms with Gasteiger partial charge in [0.1, 0.15) is 5.54 Å². The summed E-state index contributed by atoms with van der Waals surface area (Å²) in [6, 6.07) is 9.84. The largest absolute Gasteiger partial charge is 0.337 e. The number of amides is 1. The van der Waals surface area contributed by atoms with E-state index >= 15 is 0 Å². The summed E-state index contributed by atoms with van der Waals surface area (Å²) >= 11 is 5.96. The Morgan fingerprint density at radius 3 is 2.81 bits per heavy atom. The molecule has 1 atom stereocenters. The molecule has 2 rings (SSSR count). The number of hydrogen-bond donors (Lipinski definition) is 2. The van der Waals surface area contributed by atoms with Gasteiger partial charge < -0.3 is 10.6 Å². The molecule has 4 nitrogen and oxygen atoms in total. The van der Waals surface area contributed by atoms with E-state index in [2.05, 4.69) is 16.7 Å². The van der Waals surface area contributed by atoms with Crippen molar-refractivity contribution < 1.29 is 4.79 Å². The molecule has 0 unspecified atom stereocenters. The van der Waals surface area contributed by atoms with Crippen LogP contribution in [0.4, 0.5) is 0 Å². The Hall–Kier alpha value is -1.57. The lowest BCUT2D eigenvalue weighted by atomic mass is 10.00. The molecule has 112 valence electrons. The Balaban J connectivity index is 1.85. The number of benzene rings is 1. The fourth-order valence-electron chi connectivity index (χ4n) is 2.69. The second-order valence-electron chi connectivity index (χ2n) is 5.61. The third kappa shape index (κ3) is 4.20. The van der Waals surface area contributed by atoms with E-state index in [0.717, 1.165) is 31.2 Å². The number of nitrogens with one attached hydrogen (secondary N) is 2. The van der Waals surface area contributed by atoms with E-state index in [9.17, 15) is 10.1 Å². The van der Waals surface area contributed by atoms with Crippen LogP contribution in [0.2, 0.25) is 5.02 Å². The summed E-state index contributed by atoms with van der Waals surface area (Å²) < 4.78 is 0. The van der Waals surface area contributed by atoms with Gasteiger partial charge >= 0.3 is 0 Å². The monoisotopic (exact) mass is 305 g/mol. The lowest BCUT2D eigenvalue weighted by Gasteiger charge is -2.23. The van der Waals surface area contributed by atoms with Crippen molar-refractivity contribution in [3.63, 3.8) is 0 Å². The van der Waals surface area contributed by atoms with Crippen LogP contribution in [0.1, 0.15) is 44.2 Å². The van der Waals surface area contributed by atoms with Crippen molar-refractivity contribution in [1.82, 2.24) is 10.6 Å². The second-order valence-corrected chi connectivity index (χ2v) is 6.04. The van der Waals surface area contributed by atoms with Crippen LogP contribution in [-0.2, 0) is 4.79 Å². The maximum atomic E-state index is 12.0. The third-order valence-electron chi connectivity index (χ3n) is 3.97. The van der Waals surface area contributed by atoms with Gasteiger partial charge in [-0.1, -0.05) is 23.7 Å². The van der Waals surface area contributed by atoms with Crippen LogP contribution < -0.4 is 10.6 Å². The molecule has 1 saturated carbocycles. The SMILES string of the molecule is C[C@H](NCC(=O)NC1(C#N)CCCC1)c1cccc(Cl)c1. The van der Waals surface area contributed by atoms with Gasteiger partial charge in [0, 0.05) is 11.1 Å². The zero-order valence-electron chi connectivity index (χ0n) is 12.2. The first-order chi connectivity index (χ1) is 10.0. The molecule has 1 amide bonds. The van der Waals surface area contributed by atoms with Crippen molar-refractivity contribution in [3.8, 4) is 6.07 Å². The Kier molecular flexibility index (Phi) is 5.22. The highest BCUT2D eigenvalue weighted by Crippen LogP contribution is 2.28. The van der Waals surface area contributed by atoms with Gasteiger partial charge in [0.15, 0.2) is 0 Å². The van der Waals surface area contributed by atoms with Gasteiger partial charge in [-0.05, 0) is 50.3 Å². The standard InChI is InChI=1S/C16H20ClN3O/c1-12(13-5-4-6-14(17)9-13)19-10-15(21)20-16(11-18)7-2-3-8-16/h4-6,9,12,19H,2-3,7-8,10H2,1H3,(H,20,21)/t12-/m0/s1. The minimum atomic E-state index is -0.655. The molecular formula is C16H20ClN3O. The predicted octanol–water partition coefficient (Wildman–Crippen LogP) is 2.94. The highest BCUT2D eigenvalue weighted by Gasteiger charge is 2.35. The summed E-state index contributed by atoms with van der Waals surface area (Å²) in [6.07, 6.45) is 3.50. The number of nitrogens with zero attached hydrogens (tertiary/aromatic N) is 1. The molecule has 0 aromatic heterocycles. The summed E-state index contributed by atoms with van der Waals surface area (Å²) in [4.78, 5) is 12.0. The van der Waals surface area contributed by atoms with E-state index < -0.39 is 5.54 Å². The zero-order chi connectivity index (χ0) is 15.3. The molecule has 1 aliphatic rings. The first-order valence-electron chi connectivity index (χ1n) is 7.26. The fourth-order valence-corrected chi connectivity index (χ4v) is 2.89. The number of halogens is 1. The van der Waals surface area contributed by atoms with Gasteiger partial charge in [0.2, 0.25) is 5.91 Å². The highest BCUT2D eigenvalue weighted by atomic mass is 35.5. The molecule has 21 heavy (non-hydrogen) atoms. The molecule has 1 aromatic rings. The molecule has 0 spiro atoms. The van der Waals surface area contributed by atoms with Crippen LogP contribution in [0, 0.1) is 11.3 Å². The maximum absolute atomic E-state index is 12.0. The Morgan fingerprint density at radius 1 is 1.48 bits per heavy atom. The number of carbonyl (C=O) groups is 1. The molecular weight excluding hydrogens is 286 g/mol. The molecule has 0 radical (unpaired) electrons. The quantitative estimate of drug-likeness (QED) is 0.879. The molecule has 5 heteroatoms. The van der Waals surface area contributed by atoms with E-state index in [1.165, 1.54) is 0 Å². The van der Waals surface area contributed by atoms with Gasteiger partial charge in [-0.15, -0.1) is 0 Å². The number of nitriles is 1. The topological polar surface area (TPSA) is 64.9 Å². The van der Waals surface area contributed by atoms with Gasteiger partial charge in [0.25, 0.3) is 0 Å². The van der Waals surface area contributed by atoms with Crippen molar-refractivity contribution in [2.24, 2.45) is 0 Å². The van der Waals surface area contributed by atoms with E-state index in [1.54, 1.807) is 0 Å². The van der Waals surface area contributed by atoms with E-state index in [1.807, 2.05) is 31.2 Å². The maximum Gasteiger partial charge on any atom is 0.235 e. The lowest BCUT2D eigenvalue weighted by Crippen LogP contribution is -2.48. The Labute approximate surface area is 130 Å². The number of carbonyl (C=O) groups excluding carboxylic acids is 1. The average Bonchev–Trinajstić information content (AvgIpc) is 2.94. The molecule has 2 N–H and O–H groups in total. The van der Waals surface area contributed by atoms with Crippen molar-refractivity contribution in [2.75, 3.05) is 6.54 Å². The number of hydrogen-bond acceptors (Lipinski definition) is 3. The molecule has 1 fully saturated rings. The van der Waals surface area contributed by atoms with Crippen LogP contribution in [0.5, 0.6) is 0 Å². The summed E-state index contributed by atoms with van der Waals surface area (Å²) in [6.45, 7) is 2.17. The minimum absolute atomic E-state index is 0.0241. The minimum Gasteiger partial charge on any atom is -0.337 e. The van der Waals surface area contributed by atoms with Crippen molar-refractivity contribution in [1.29, 1.82) is 5.26 Å². The van der Waals surface area contributed by atoms with Gasteiger partial charge in [0.05, 0.1) is 12.6 Å². The van der Waals surface area contributed by atoms with Crippen LogP contribution in [0.25, 0.3) is 0 Å². The Morgan fingerprint density at radius 2 is 2.19 bits per heavy atom. The van der Waals surface area contributed by atoms with Crippen LogP contribution in [0.3, 0.4) is 0 Å². The molecule has 1 aliphatic carbocycles. The number of rotatable bonds is 5. The van der Waals surface area contributed by atoms with E-state index in [4.69, 9.17) is 11.6 Å². The van der Waals surface area contributed by atoms with E-state index in [0.29, 0.717) is 5.02 Å². The molecule has 0 saturated heterocycles. The smallest absolute Gasteiger partial charge is 0.235 e. The van der Waals surface area contributed by atoms with Crippen molar-refractivity contribution in [2.45, 2.75) is 44.2 Å². The lowest BCUT2D eigenvalue weighted by molar-refractivity contribution is -0.121. The molecule has 0 aliphatic heterocycles. The normalized spacial score (nSPS) is 18.0. The van der Waals surface area contributed by atoms with Crippen molar-refractivity contribution in [3.05, 3.63) is 34.9 Å². The third-order valence-corrected chi connectivity index (χ3v) is 4.20. The predicted molar refractivity (Wildman–Crippen MR) is 82.8 cm³/mol. The highest BCUT2D eigenvalue weighted by molar-refractivity contribution is 6.30. The van der Waals surface area contributed by atoms with Crippen molar-refractivity contribution >= 4 is 17.5 Å². The summed E-state index contributed by atoms with van der Waals surface area (Å²) in [5.74, 6) is -0.132. The van der Waals surface area contributed by atoms with Gasteiger partial charge in [-0.2, -0.15) is 5.26 Å². The molecule has 1 aromatic carbocycles. The zero-order valence-corrected chi connectivity index (χ0v) is 12.9. The summed E-state index contributed by atoms with van der Waals surface area (Å²) in [7, 11) is 0. The molecule has 0 heterocycles. The first-order valence-corrected chi connectivity index (χ1v) is 7.63. The van der Waals surface area contributed by atoms with Crippen LogP contribution >= 0.6 is 11.6 Å². The molecule has 0 bridgehead atoms. The van der Waals surface area contributed by atoms with Gasteiger partial charge in [-0.3, -0.25) is 4.79 Å². The average molecular weight is 306 g/mol. The fraction of sp³-hybridized carbons (Fsp3) is 0.500. The van der Waals surface area contributed by atoms with Crippen LogP contribution in [0.15, 0.2) is 24.3 Å². The summed E-state index contributed by atoms with van der Waals surface area (Å²) in [5.41, 5.74) is 0.379.